The zero-order chi connectivity index (χ0) is 22.8. The monoisotopic (exact) mass is 462 g/mol. The molecule has 0 bridgehead atoms. The number of nitrogens with zero attached hydrogens (tertiary/aromatic N) is 4. The van der Waals surface area contributed by atoms with Gasteiger partial charge in [0.05, 0.1) is 11.9 Å². The number of nitrogens with one attached hydrogen (secondary N) is 1. The van der Waals surface area contributed by atoms with Crippen molar-refractivity contribution in [2.75, 3.05) is 18.5 Å². The average Bonchev–Trinajstić information content (AvgIpc) is 3.16. The average molecular weight is 463 g/mol. The van der Waals surface area contributed by atoms with E-state index in [0.29, 0.717) is 17.5 Å². The van der Waals surface area contributed by atoms with Crippen LogP contribution in [0.5, 0.6) is 0 Å². The van der Waals surface area contributed by atoms with Gasteiger partial charge in [-0.05, 0) is 54.2 Å². The van der Waals surface area contributed by atoms with Crippen molar-refractivity contribution in [1.82, 2.24) is 19.5 Å². The van der Waals surface area contributed by atoms with Gasteiger partial charge in [-0.1, -0.05) is 36.7 Å². The third-order valence-electron chi connectivity index (χ3n) is 6.25. The largest absolute Gasteiger partial charge is 0.381 e. The predicted octanol–water partition coefficient (Wildman–Crippen LogP) is 5.03. The van der Waals surface area contributed by atoms with Crippen LogP contribution >= 0.6 is 11.6 Å². The Kier molecular flexibility index (Phi) is 6.01. The summed E-state index contributed by atoms with van der Waals surface area (Å²) in [6.07, 6.45) is 4.64. The fourth-order valence-corrected chi connectivity index (χ4v) is 4.41. The number of fused-ring (bicyclic) bond motifs is 1. The summed E-state index contributed by atoms with van der Waals surface area (Å²) >= 11 is 6.20. The third kappa shape index (κ3) is 4.71. The fourth-order valence-electron chi connectivity index (χ4n) is 4.22. The number of rotatable bonds is 6. The van der Waals surface area contributed by atoms with Gasteiger partial charge in [0.1, 0.15) is 11.3 Å². The molecule has 0 aliphatic carbocycles. The third-order valence-corrected chi connectivity index (χ3v) is 6.48. The lowest BCUT2D eigenvalue weighted by Crippen LogP contribution is -2.29. The summed E-state index contributed by atoms with van der Waals surface area (Å²) in [6, 6.07) is 15.7. The number of nitrogens with two attached hydrogens (primary N) is 1. The molecule has 1 aliphatic rings. The molecule has 0 amide bonds. The SMILES string of the molecule is CC1(Cc2ncc3nc(Nc4cccc(Cl)c4)n(-c4ccc(CN)cc4)c3n2)CCOCC1. The summed E-state index contributed by atoms with van der Waals surface area (Å²) in [5, 5.41) is 4.05. The molecule has 1 fully saturated rings. The molecule has 2 aromatic carbocycles. The molecule has 0 saturated carbocycles. The van der Waals surface area contributed by atoms with E-state index in [2.05, 4.69) is 17.2 Å². The molecule has 1 saturated heterocycles. The molecule has 5 rings (SSSR count). The van der Waals surface area contributed by atoms with Crippen molar-refractivity contribution in [2.24, 2.45) is 11.1 Å². The van der Waals surface area contributed by atoms with Crippen molar-refractivity contribution < 1.29 is 4.74 Å². The second-order valence-corrected chi connectivity index (χ2v) is 9.31. The molecule has 170 valence electrons. The highest BCUT2D eigenvalue weighted by Crippen LogP contribution is 2.33. The second-order valence-electron chi connectivity index (χ2n) is 8.87. The number of imidazole rings is 1. The molecule has 0 radical (unpaired) electrons. The molecule has 2 aromatic heterocycles. The molecule has 0 spiro atoms. The standard InChI is InChI=1S/C25H27ClN6O/c1-25(9-11-33-12-10-25)14-22-28-16-21-23(31-22)32(20-7-5-17(15-27)6-8-20)24(30-21)29-19-4-2-3-18(26)13-19/h2-8,13,16H,9-12,14-15,27H2,1H3,(H,29,30). The molecule has 4 aromatic rings. The number of hydrogen-bond donors (Lipinski definition) is 2. The summed E-state index contributed by atoms with van der Waals surface area (Å²) < 4.78 is 7.58. The molecule has 33 heavy (non-hydrogen) atoms. The number of benzene rings is 2. The summed E-state index contributed by atoms with van der Waals surface area (Å²) in [5.74, 6) is 1.47. The molecule has 8 heteroatoms. The van der Waals surface area contributed by atoms with Crippen molar-refractivity contribution in [3.63, 3.8) is 0 Å². The van der Waals surface area contributed by atoms with E-state index in [-0.39, 0.29) is 5.41 Å². The van der Waals surface area contributed by atoms with Gasteiger partial charge in [0, 0.05) is 36.9 Å². The van der Waals surface area contributed by atoms with E-state index in [1.807, 2.05) is 59.3 Å². The van der Waals surface area contributed by atoms with E-state index < -0.39 is 0 Å². The number of anilines is 2. The lowest BCUT2D eigenvalue weighted by atomic mass is 9.79. The number of ether oxygens (including phenoxy) is 1. The molecule has 0 atom stereocenters. The van der Waals surface area contributed by atoms with Crippen molar-refractivity contribution >= 4 is 34.4 Å². The lowest BCUT2D eigenvalue weighted by Gasteiger charge is -2.32. The fraction of sp³-hybridized carbons (Fsp3) is 0.320. The van der Waals surface area contributed by atoms with Gasteiger partial charge in [0.2, 0.25) is 5.95 Å². The lowest BCUT2D eigenvalue weighted by molar-refractivity contribution is 0.0232. The first-order chi connectivity index (χ1) is 16.0. The van der Waals surface area contributed by atoms with Crippen molar-refractivity contribution in [3.8, 4) is 5.69 Å². The van der Waals surface area contributed by atoms with Crippen LogP contribution in [0.2, 0.25) is 5.02 Å². The van der Waals surface area contributed by atoms with E-state index >= 15 is 0 Å². The highest BCUT2D eigenvalue weighted by atomic mass is 35.5. The Labute approximate surface area is 198 Å². The van der Waals surface area contributed by atoms with Gasteiger partial charge in [0.15, 0.2) is 5.65 Å². The van der Waals surface area contributed by atoms with Gasteiger partial charge < -0.3 is 15.8 Å². The van der Waals surface area contributed by atoms with E-state index in [1.54, 1.807) is 0 Å². The Hall–Kier alpha value is -3.00. The Morgan fingerprint density at radius 2 is 1.91 bits per heavy atom. The van der Waals surface area contributed by atoms with Crippen LogP contribution in [0.3, 0.4) is 0 Å². The molecule has 3 heterocycles. The van der Waals surface area contributed by atoms with Crippen LogP contribution in [0, 0.1) is 5.41 Å². The normalized spacial score (nSPS) is 15.6. The van der Waals surface area contributed by atoms with Gasteiger partial charge >= 0.3 is 0 Å². The molecule has 1 aliphatic heterocycles. The van der Waals surface area contributed by atoms with Crippen molar-refractivity contribution in [2.45, 2.75) is 32.7 Å². The van der Waals surface area contributed by atoms with Gasteiger partial charge in [-0.25, -0.2) is 15.0 Å². The van der Waals surface area contributed by atoms with E-state index in [9.17, 15) is 0 Å². The maximum Gasteiger partial charge on any atom is 0.214 e. The minimum absolute atomic E-state index is 0.140. The van der Waals surface area contributed by atoms with Crippen LogP contribution in [-0.4, -0.2) is 32.7 Å². The van der Waals surface area contributed by atoms with Crippen LogP contribution in [0.15, 0.2) is 54.7 Å². The van der Waals surface area contributed by atoms with E-state index in [0.717, 1.165) is 66.4 Å². The van der Waals surface area contributed by atoms with Crippen LogP contribution in [0.4, 0.5) is 11.6 Å². The highest BCUT2D eigenvalue weighted by molar-refractivity contribution is 6.30. The molecular weight excluding hydrogens is 436 g/mol. The predicted molar refractivity (Wildman–Crippen MR) is 131 cm³/mol. The minimum atomic E-state index is 0.140. The molecular formula is C25H27ClN6O. The Morgan fingerprint density at radius 1 is 1.12 bits per heavy atom. The van der Waals surface area contributed by atoms with E-state index in [4.69, 9.17) is 32.0 Å². The smallest absolute Gasteiger partial charge is 0.214 e. The van der Waals surface area contributed by atoms with Crippen LogP contribution < -0.4 is 11.1 Å². The minimum Gasteiger partial charge on any atom is -0.381 e. The van der Waals surface area contributed by atoms with Crippen LogP contribution in [0.1, 0.15) is 31.2 Å². The highest BCUT2D eigenvalue weighted by Gasteiger charge is 2.29. The Bertz CT molecular complexity index is 1260. The van der Waals surface area contributed by atoms with Gasteiger partial charge in [0.25, 0.3) is 0 Å². The summed E-state index contributed by atoms with van der Waals surface area (Å²) in [6.45, 7) is 4.36. The first-order valence-electron chi connectivity index (χ1n) is 11.2. The zero-order valence-corrected chi connectivity index (χ0v) is 19.3. The Morgan fingerprint density at radius 3 is 2.64 bits per heavy atom. The maximum absolute atomic E-state index is 6.20. The number of halogens is 1. The van der Waals surface area contributed by atoms with Crippen molar-refractivity contribution in [1.29, 1.82) is 0 Å². The van der Waals surface area contributed by atoms with Crippen molar-refractivity contribution in [3.05, 3.63) is 71.1 Å². The topological polar surface area (TPSA) is 90.9 Å². The summed E-state index contributed by atoms with van der Waals surface area (Å²) in [7, 11) is 0. The summed E-state index contributed by atoms with van der Waals surface area (Å²) in [4.78, 5) is 14.4. The maximum atomic E-state index is 6.20. The first-order valence-corrected chi connectivity index (χ1v) is 11.5. The second kappa shape index (κ2) is 9.09. The summed E-state index contributed by atoms with van der Waals surface area (Å²) in [5.41, 5.74) is 10.3. The van der Waals surface area contributed by atoms with E-state index in [1.165, 1.54) is 0 Å². The quantitative estimate of drug-likeness (QED) is 0.417. The molecule has 3 N–H and O–H groups in total. The van der Waals surface area contributed by atoms with Gasteiger partial charge in [-0.2, -0.15) is 0 Å². The van der Waals surface area contributed by atoms with Gasteiger partial charge in [-0.3, -0.25) is 4.57 Å². The molecule has 0 unspecified atom stereocenters. The van der Waals surface area contributed by atoms with Crippen LogP contribution in [0.25, 0.3) is 16.9 Å². The first kappa shape index (κ1) is 21.8. The van der Waals surface area contributed by atoms with Crippen LogP contribution in [-0.2, 0) is 17.7 Å². The molecule has 7 nitrogen and oxygen atoms in total. The van der Waals surface area contributed by atoms with Gasteiger partial charge in [-0.15, -0.1) is 0 Å². The number of aromatic nitrogens is 4. The zero-order valence-electron chi connectivity index (χ0n) is 18.6. The Balaban J connectivity index is 1.59. The number of hydrogen-bond acceptors (Lipinski definition) is 6.